The van der Waals surface area contributed by atoms with Crippen molar-refractivity contribution in [1.29, 1.82) is 0 Å². The van der Waals surface area contributed by atoms with Crippen LogP contribution in [0.15, 0.2) is 0 Å². The smallest absolute Gasteiger partial charge is 0.109 e. The predicted molar refractivity (Wildman–Crippen MR) is 81.7 cm³/mol. The van der Waals surface area contributed by atoms with Crippen molar-refractivity contribution >= 4 is 11.8 Å². The molecule has 19 heavy (non-hydrogen) atoms. The van der Waals surface area contributed by atoms with Crippen LogP contribution in [0.2, 0.25) is 0 Å². The molecule has 4 heteroatoms. The predicted octanol–water partition coefficient (Wildman–Crippen LogP) is 2.98. The first-order valence-electron chi connectivity index (χ1n) is 7.81. The quantitative estimate of drug-likeness (QED) is 0.574. The molecular weight excluding hydrogens is 260 g/mol. The molecule has 1 aliphatic heterocycles. The van der Waals surface area contributed by atoms with E-state index < -0.39 is 12.2 Å². The normalized spacial score (nSPS) is 27.0. The molecular formula is C15H30O3S. The Bertz CT molecular complexity index is 214. The van der Waals surface area contributed by atoms with E-state index in [4.69, 9.17) is 4.74 Å². The fourth-order valence-electron chi connectivity index (χ4n) is 2.35. The molecule has 3 atom stereocenters. The van der Waals surface area contributed by atoms with Gasteiger partial charge in [0.1, 0.15) is 12.2 Å². The van der Waals surface area contributed by atoms with Gasteiger partial charge in [0.2, 0.25) is 0 Å². The molecule has 0 aromatic heterocycles. The molecule has 3 unspecified atom stereocenters. The standard InChI is InChI=1S/C15H30O3S/c1-2-3-4-5-6-7-8-9-10-19-12-14-15(17)13(16)11-18-14/h13-17H,2-12H2,1H3. The maximum Gasteiger partial charge on any atom is 0.109 e. The first-order valence-corrected chi connectivity index (χ1v) is 8.96. The highest BCUT2D eigenvalue weighted by molar-refractivity contribution is 7.99. The van der Waals surface area contributed by atoms with Crippen molar-refractivity contribution in [3.8, 4) is 0 Å². The van der Waals surface area contributed by atoms with Gasteiger partial charge in [-0.05, 0) is 12.2 Å². The lowest BCUT2D eigenvalue weighted by Gasteiger charge is -2.14. The SMILES string of the molecule is CCCCCCCCCCSCC1OCC(O)C1O. The maximum absolute atomic E-state index is 9.61. The topological polar surface area (TPSA) is 49.7 Å². The van der Waals surface area contributed by atoms with E-state index >= 15 is 0 Å². The molecule has 0 amide bonds. The number of unbranched alkanes of at least 4 members (excludes halogenated alkanes) is 7. The minimum Gasteiger partial charge on any atom is -0.388 e. The molecule has 0 bridgehead atoms. The van der Waals surface area contributed by atoms with Gasteiger partial charge in [-0.2, -0.15) is 11.8 Å². The summed E-state index contributed by atoms with van der Waals surface area (Å²) in [4.78, 5) is 0. The van der Waals surface area contributed by atoms with Crippen LogP contribution in [0.5, 0.6) is 0 Å². The van der Waals surface area contributed by atoms with E-state index in [-0.39, 0.29) is 12.7 Å². The lowest BCUT2D eigenvalue weighted by Crippen LogP contribution is -2.31. The Morgan fingerprint density at radius 3 is 2.21 bits per heavy atom. The number of hydrogen-bond donors (Lipinski definition) is 2. The number of rotatable bonds is 11. The maximum atomic E-state index is 9.61. The monoisotopic (exact) mass is 290 g/mol. The Morgan fingerprint density at radius 1 is 1.00 bits per heavy atom. The third-order valence-electron chi connectivity index (χ3n) is 3.68. The Kier molecular flexibility index (Phi) is 9.96. The van der Waals surface area contributed by atoms with Gasteiger partial charge < -0.3 is 14.9 Å². The van der Waals surface area contributed by atoms with Crippen molar-refractivity contribution in [3.05, 3.63) is 0 Å². The van der Waals surface area contributed by atoms with Crippen LogP contribution in [0.1, 0.15) is 58.3 Å². The molecule has 0 saturated carbocycles. The Morgan fingerprint density at radius 2 is 1.63 bits per heavy atom. The van der Waals surface area contributed by atoms with E-state index in [9.17, 15) is 10.2 Å². The molecule has 3 nitrogen and oxygen atoms in total. The highest BCUT2D eigenvalue weighted by Gasteiger charge is 2.33. The number of aliphatic hydroxyl groups is 2. The van der Waals surface area contributed by atoms with Crippen molar-refractivity contribution < 1.29 is 14.9 Å². The Labute approximate surface area is 122 Å². The van der Waals surface area contributed by atoms with Crippen LogP contribution in [0.4, 0.5) is 0 Å². The summed E-state index contributed by atoms with van der Waals surface area (Å²) >= 11 is 1.83. The van der Waals surface area contributed by atoms with Crippen LogP contribution >= 0.6 is 11.8 Å². The van der Waals surface area contributed by atoms with Gasteiger partial charge >= 0.3 is 0 Å². The number of ether oxygens (including phenoxy) is 1. The molecule has 1 aliphatic rings. The summed E-state index contributed by atoms with van der Waals surface area (Å²) in [7, 11) is 0. The van der Waals surface area contributed by atoms with Crippen molar-refractivity contribution in [2.75, 3.05) is 18.1 Å². The van der Waals surface area contributed by atoms with Gasteiger partial charge in [-0.25, -0.2) is 0 Å². The van der Waals surface area contributed by atoms with E-state index in [2.05, 4.69) is 6.92 Å². The summed E-state index contributed by atoms with van der Waals surface area (Å²) in [5.41, 5.74) is 0. The Hall–Kier alpha value is 0.230. The summed E-state index contributed by atoms with van der Waals surface area (Å²) in [6, 6.07) is 0. The van der Waals surface area contributed by atoms with Crippen LogP contribution < -0.4 is 0 Å². The zero-order valence-electron chi connectivity index (χ0n) is 12.2. The molecule has 0 aliphatic carbocycles. The molecule has 0 radical (unpaired) electrons. The summed E-state index contributed by atoms with van der Waals surface area (Å²) in [5, 5.41) is 19.0. The molecule has 2 N–H and O–H groups in total. The third kappa shape index (κ3) is 7.54. The third-order valence-corrected chi connectivity index (χ3v) is 4.82. The molecule has 1 rings (SSSR count). The van der Waals surface area contributed by atoms with Crippen LogP contribution in [0.25, 0.3) is 0 Å². The zero-order chi connectivity index (χ0) is 13.9. The van der Waals surface area contributed by atoms with E-state index in [1.165, 1.54) is 51.4 Å². The van der Waals surface area contributed by atoms with Gasteiger partial charge in [0.25, 0.3) is 0 Å². The summed E-state index contributed by atoms with van der Waals surface area (Å²) in [6.45, 7) is 2.53. The van der Waals surface area contributed by atoms with Gasteiger partial charge in [-0.15, -0.1) is 0 Å². The van der Waals surface area contributed by atoms with Gasteiger partial charge in [-0.1, -0.05) is 51.9 Å². The second-order valence-corrected chi connectivity index (χ2v) is 6.63. The molecule has 0 spiro atoms. The molecule has 0 aromatic carbocycles. The minimum atomic E-state index is -0.689. The van der Waals surface area contributed by atoms with Crippen molar-refractivity contribution in [1.82, 2.24) is 0 Å². The van der Waals surface area contributed by atoms with Crippen molar-refractivity contribution in [3.63, 3.8) is 0 Å². The second kappa shape index (κ2) is 11.0. The average Bonchev–Trinajstić information content (AvgIpc) is 2.73. The number of hydrogen-bond acceptors (Lipinski definition) is 4. The number of aliphatic hydroxyl groups excluding tert-OH is 2. The first-order chi connectivity index (χ1) is 9.25. The number of thioether (sulfide) groups is 1. The van der Waals surface area contributed by atoms with E-state index in [1.807, 2.05) is 11.8 Å². The molecule has 0 aromatic rings. The van der Waals surface area contributed by atoms with Gasteiger partial charge in [0.05, 0.1) is 12.7 Å². The van der Waals surface area contributed by atoms with Crippen molar-refractivity contribution in [2.24, 2.45) is 0 Å². The zero-order valence-corrected chi connectivity index (χ0v) is 13.0. The van der Waals surface area contributed by atoms with Crippen LogP contribution in [-0.2, 0) is 4.74 Å². The average molecular weight is 290 g/mol. The highest BCUT2D eigenvalue weighted by Crippen LogP contribution is 2.19. The van der Waals surface area contributed by atoms with E-state index in [1.54, 1.807) is 0 Å². The van der Waals surface area contributed by atoms with Gasteiger partial charge in [0, 0.05) is 5.75 Å². The fraction of sp³-hybridized carbons (Fsp3) is 1.00. The van der Waals surface area contributed by atoms with Crippen molar-refractivity contribution in [2.45, 2.75) is 76.6 Å². The summed E-state index contributed by atoms with van der Waals surface area (Å²) in [6.07, 6.45) is 9.23. The lowest BCUT2D eigenvalue weighted by molar-refractivity contribution is 0.0337. The molecule has 1 heterocycles. The molecule has 1 fully saturated rings. The second-order valence-electron chi connectivity index (χ2n) is 5.48. The Balaban J connectivity index is 1.81. The van der Waals surface area contributed by atoms with Gasteiger partial charge in [-0.3, -0.25) is 0 Å². The fourth-order valence-corrected chi connectivity index (χ4v) is 3.45. The highest BCUT2D eigenvalue weighted by atomic mass is 32.2. The van der Waals surface area contributed by atoms with E-state index in [0.29, 0.717) is 0 Å². The lowest BCUT2D eigenvalue weighted by atomic mass is 10.1. The van der Waals surface area contributed by atoms with Crippen LogP contribution in [-0.4, -0.2) is 46.6 Å². The summed E-state index contributed by atoms with van der Waals surface area (Å²) < 4.78 is 5.34. The minimum absolute atomic E-state index is 0.172. The molecule has 1 saturated heterocycles. The summed E-state index contributed by atoms with van der Waals surface area (Å²) in [5.74, 6) is 1.94. The van der Waals surface area contributed by atoms with Crippen LogP contribution in [0, 0.1) is 0 Å². The van der Waals surface area contributed by atoms with Crippen LogP contribution in [0.3, 0.4) is 0 Å². The van der Waals surface area contributed by atoms with Gasteiger partial charge in [0.15, 0.2) is 0 Å². The largest absolute Gasteiger partial charge is 0.388 e. The van der Waals surface area contributed by atoms with E-state index in [0.717, 1.165) is 11.5 Å². The molecule has 114 valence electrons. The first kappa shape index (κ1) is 17.3.